The van der Waals surface area contributed by atoms with Gasteiger partial charge in [0.2, 0.25) is 11.8 Å². The zero-order chi connectivity index (χ0) is 17.6. The summed E-state index contributed by atoms with van der Waals surface area (Å²) in [6, 6.07) is 7.67. The second-order valence-electron chi connectivity index (χ2n) is 5.72. The van der Waals surface area contributed by atoms with Gasteiger partial charge in [-0.3, -0.25) is 4.79 Å². The molecular formula is C18H20BrN3O2S. The molecule has 0 saturated heterocycles. The van der Waals surface area contributed by atoms with Crippen LogP contribution >= 0.6 is 27.7 Å². The summed E-state index contributed by atoms with van der Waals surface area (Å²) in [5, 5.41) is 8.53. The van der Waals surface area contributed by atoms with Crippen LogP contribution in [0.25, 0.3) is 11.5 Å². The molecule has 7 heteroatoms. The molecule has 0 saturated carbocycles. The molecule has 1 aliphatic carbocycles. The van der Waals surface area contributed by atoms with Crippen LogP contribution in [0.2, 0.25) is 0 Å². The molecule has 2 aromatic rings. The molecule has 0 bridgehead atoms. The highest BCUT2D eigenvalue weighted by Gasteiger charge is 2.19. The van der Waals surface area contributed by atoms with Crippen molar-refractivity contribution in [3.63, 3.8) is 0 Å². The molecule has 0 fully saturated rings. The van der Waals surface area contributed by atoms with E-state index in [0.717, 1.165) is 35.0 Å². The maximum absolute atomic E-state index is 12.5. The van der Waals surface area contributed by atoms with Crippen molar-refractivity contribution in [2.75, 3.05) is 12.3 Å². The van der Waals surface area contributed by atoms with Gasteiger partial charge in [0.05, 0.1) is 11.3 Å². The minimum absolute atomic E-state index is 0.0845. The first kappa shape index (κ1) is 18.2. The minimum Gasteiger partial charge on any atom is -0.411 e. The first-order valence-electron chi connectivity index (χ1n) is 8.39. The van der Waals surface area contributed by atoms with Gasteiger partial charge in [0.25, 0.3) is 5.22 Å². The van der Waals surface area contributed by atoms with Crippen molar-refractivity contribution in [1.82, 2.24) is 15.1 Å². The number of hydrogen-bond donors (Lipinski definition) is 0. The molecule has 0 spiro atoms. The van der Waals surface area contributed by atoms with E-state index in [0.29, 0.717) is 23.4 Å². The number of amides is 1. The molecule has 1 amide bonds. The predicted octanol–water partition coefficient (Wildman–Crippen LogP) is 4.90. The second-order valence-corrected chi connectivity index (χ2v) is 7.50. The van der Waals surface area contributed by atoms with Crippen LogP contribution in [0, 0.1) is 0 Å². The third-order valence-electron chi connectivity index (χ3n) is 4.06. The third kappa shape index (κ3) is 4.52. The van der Waals surface area contributed by atoms with Crippen LogP contribution in [0.15, 0.2) is 50.2 Å². The summed E-state index contributed by atoms with van der Waals surface area (Å²) in [6.45, 7) is 2.70. The highest BCUT2D eigenvalue weighted by Crippen LogP contribution is 2.29. The standard InChI is InChI=1S/C18H20BrN3O2S/c1-2-22(13-8-4-3-5-9-13)16(23)12-25-18-21-20-17(24-18)14-10-6-7-11-15(14)19/h6-8,10-11H,2-5,9,12H2,1H3. The average molecular weight is 422 g/mol. The van der Waals surface area contributed by atoms with Gasteiger partial charge in [-0.15, -0.1) is 10.2 Å². The Balaban J connectivity index is 1.62. The number of carbonyl (C=O) groups excluding carboxylic acids is 1. The van der Waals surface area contributed by atoms with E-state index in [1.165, 1.54) is 18.2 Å². The van der Waals surface area contributed by atoms with Crippen LogP contribution in [0.1, 0.15) is 32.6 Å². The normalized spacial score (nSPS) is 14.2. The van der Waals surface area contributed by atoms with Crippen LogP contribution in [-0.4, -0.2) is 33.3 Å². The summed E-state index contributed by atoms with van der Waals surface area (Å²) < 4.78 is 6.58. The molecule has 0 unspecified atom stereocenters. The highest BCUT2D eigenvalue weighted by molar-refractivity contribution is 9.10. The zero-order valence-electron chi connectivity index (χ0n) is 14.1. The van der Waals surface area contributed by atoms with Crippen molar-refractivity contribution < 1.29 is 9.21 Å². The molecule has 25 heavy (non-hydrogen) atoms. The Morgan fingerprint density at radius 1 is 1.32 bits per heavy atom. The van der Waals surface area contributed by atoms with Crippen molar-refractivity contribution >= 4 is 33.6 Å². The van der Waals surface area contributed by atoms with Crippen LogP contribution in [-0.2, 0) is 4.79 Å². The molecule has 5 nitrogen and oxygen atoms in total. The van der Waals surface area contributed by atoms with Crippen LogP contribution in [0.3, 0.4) is 0 Å². The number of allylic oxidation sites excluding steroid dienone is 2. The Morgan fingerprint density at radius 3 is 2.88 bits per heavy atom. The van der Waals surface area contributed by atoms with Crippen LogP contribution in [0.4, 0.5) is 0 Å². The van der Waals surface area contributed by atoms with Gasteiger partial charge in [0.15, 0.2) is 0 Å². The van der Waals surface area contributed by atoms with Gasteiger partial charge in [-0.25, -0.2) is 0 Å². The molecule has 0 radical (unpaired) electrons. The molecule has 0 aliphatic heterocycles. The average Bonchev–Trinajstić information content (AvgIpc) is 3.11. The summed E-state index contributed by atoms with van der Waals surface area (Å²) in [7, 11) is 0. The van der Waals surface area contributed by atoms with Crippen LogP contribution in [0.5, 0.6) is 0 Å². The number of hydrogen-bond acceptors (Lipinski definition) is 5. The van der Waals surface area contributed by atoms with Gasteiger partial charge in [0, 0.05) is 16.7 Å². The molecule has 0 N–H and O–H groups in total. The SMILES string of the molecule is CCN(C(=O)CSc1nnc(-c2ccccc2Br)o1)C1=CCCCC1. The molecular weight excluding hydrogens is 402 g/mol. The predicted molar refractivity (Wildman–Crippen MR) is 102 cm³/mol. The topological polar surface area (TPSA) is 59.2 Å². The maximum atomic E-state index is 12.5. The summed E-state index contributed by atoms with van der Waals surface area (Å²) in [4.78, 5) is 14.4. The molecule has 0 atom stereocenters. The van der Waals surface area contributed by atoms with Gasteiger partial charge in [-0.05, 0) is 60.7 Å². The molecule has 132 valence electrons. The van der Waals surface area contributed by atoms with Crippen molar-refractivity contribution in [2.45, 2.75) is 37.8 Å². The fourth-order valence-electron chi connectivity index (χ4n) is 2.82. The Hall–Kier alpha value is -1.60. The number of halogens is 1. The Kier molecular flexibility index (Phi) is 6.31. The van der Waals surface area contributed by atoms with Crippen molar-refractivity contribution in [3.05, 3.63) is 40.5 Å². The number of thioether (sulfide) groups is 1. The Labute approximate surface area is 160 Å². The lowest BCUT2D eigenvalue weighted by molar-refractivity contribution is -0.126. The third-order valence-corrected chi connectivity index (χ3v) is 5.56. The molecule has 1 heterocycles. The van der Waals surface area contributed by atoms with Gasteiger partial charge in [0.1, 0.15) is 0 Å². The number of rotatable bonds is 6. The summed E-state index contributed by atoms with van der Waals surface area (Å²) in [5.41, 5.74) is 1.99. The summed E-state index contributed by atoms with van der Waals surface area (Å²) >= 11 is 4.76. The van der Waals surface area contributed by atoms with Crippen LogP contribution < -0.4 is 0 Å². The number of nitrogens with zero attached hydrogens (tertiary/aromatic N) is 3. The van der Waals surface area contributed by atoms with E-state index in [-0.39, 0.29) is 5.91 Å². The molecule has 3 rings (SSSR count). The van der Waals surface area contributed by atoms with E-state index in [4.69, 9.17) is 4.42 Å². The lowest BCUT2D eigenvalue weighted by atomic mass is 10.0. The molecule has 1 aliphatic rings. The van der Waals surface area contributed by atoms with E-state index in [2.05, 4.69) is 32.2 Å². The highest BCUT2D eigenvalue weighted by atomic mass is 79.9. The van der Waals surface area contributed by atoms with Gasteiger partial charge >= 0.3 is 0 Å². The summed E-state index contributed by atoms with van der Waals surface area (Å²) in [6.07, 6.45) is 6.60. The van der Waals surface area contributed by atoms with E-state index in [1.807, 2.05) is 36.1 Å². The first-order chi connectivity index (χ1) is 12.2. The number of benzene rings is 1. The lowest BCUT2D eigenvalue weighted by Crippen LogP contribution is -2.32. The molecule has 1 aromatic heterocycles. The number of aromatic nitrogens is 2. The maximum Gasteiger partial charge on any atom is 0.277 e. The minimum atomic E-state index is 0.0845. The molecule has 1 aromatic carbocycles. The van der Waals surface area contributed by atoms with Crippen molar-refractivity contribution in [3.8, 4) is 11.5 Å². The fraction of sp³-hybridized carbons (Fsp3) is 0.389. The van der Waals surface area contributed by atoms with Crippen molar-refractivity contribution in [1.29, 1.82) is 0 Å². The van der Waals surface area contributed by atoms with E-state index >= 15 is 0 Å². The van der Waals surface area contributed by atoms with E-state index < -0.39 is 0 Å². The monoisotopic (exact) mass is 421 g/mol. The second kappa shape index (κ2) is 8.67. The van der Waals surface area contributed by atoms with Gasteiger partial charge < -0.3 is 9.32 Å². The largest absolute Gasteiger partial charge is 0.411 e. The fourth-order valence-corrected chi connectivity index (χ4v) is 3.91. The Bertz CT molecular complexity index is 775. The van der Waals surface area contributed by atoms with Crippen molar-refractivity contribution in [2.24, 2.45) is 0 Å². The van der Waals surface area contributed by atoms with E-state index in [1.54, 1.807) is 0 Å². The summed E-state index contributed by atoms with van der Waals surface area (Å²) in [5.74, 6) is 0.828. The zero-order valence-corrected chi connectivity index (χ0v) is 16.5. The first-order valence-corrected chi connectivity index (χ1v) is 10.2. The van der Waals surface area contributed by atoms with Gasteiger partial charge in [-0.2, -0.15) is 0 Å². The van der Waals surface area contributed by atoms with E-state index in [9.17, 15) is 4.79 Å². The lowest BCUT2D eigenvalue weighted by Gasteiger charge is -2.26. The van der Waals surface area contributed by atoms with Gasteiger partial charge in [-0.1, -0.05) is 30.0 Å². The quantitative estimate of drug-likeness (QED) is 0.620. The smallest absolute Gasteiger partial charge is 0.277 e. The number of carbonyl (C=O) groups is 1. The Morgan fingerprint density at radius 2 is 2.16 bits per heavy atom.